The van der Waals surface area contributed by atoms with Crippen molar-refractivity contribution in [2.24, 2.45) is 0 Å². The van der Waals surface area contributed by atoms with E-state index in [9.17, 15) is 18.0 Å². The standard InChI is InChI=1S/C12H13F3N2O2/c1-7-6-8(11(18)19)9(13)10(16-7)17-4-2-12(14,15)3-5-17/h6H,2-5H2,1H3,(H,18,19). The van der Waals surface area contributed by atoms with Gasteiger partial charge in [-0.1, -0.05) is 0 Å². The van der Waals surface area contributed by atoms with Crippen molar-refractivity contribution in [2.45, 2.75) is 25.7 Å². The predicted octanol–water partition coefficient (Wildman–Crippen LogP) is 2.46. The number of aromatic nitrogens is 1. The van der Waals surface area contributed by atoms with Crippen LogP contribution in [-0.4, -0.2) is 35.1 Å². The van der Waals surface area contributed by atoms with Gasteiger partial charge < -0.3 is 10.0 Å². The monoisotopic (exact) mass is 274 g/mol. The zero-order valence-electron chi connectivity index (χ0n) is 10.3. The number of carboxylic acid groups (broad SMARTS) is 1. The van der Waals surface area contributed by atoms with Gasteiger partial charge in [-0.25, -0.2) is 22.9 Å². The molecule has 0 bridgehead atoms. The van der Waals surface area contributed by atoms with Crippen molar-refractivity contribution in [3.05, 3.63) is 23.1 Å². The topological polar surface area (TPSA) is 53.4 Å². The summed E-state index contributed by atoms with van der Waals surface area (Å²) >= 11 is 0. The molecule has 19 heavy (non-hydrogen) atoms. The number of piperidine rings is 1. The normalized spacial score (nSPS) is 18.4. The van der Waals surface area contributed by atoms with Gasteiger partial charge in [0, 0.05) is 31.6 Å². The van der Waals surface area contributed by atoms with Crippen molar-refractivity contribution in [1.82, 2.24) is 4.98 Å². The predicted molar refractivity (Wildman–Crippen MR) is 62.3 cm³/mol. The number of rotatable bonds is 2. The molecule has 1 aliphatic heterocycles. The maximum Gasteiger partial charge on any atom is 0.338 e. The first-order valence-corrected chi connectivity index (χ1v) is 5.83. The molecule has 1 aromatic rings. The van der Waals surface area contributed by atoms with Gasteiger partial charge in [0.2, 0.25) is 0 Å². The molecule has 0 spiro atoms. The smallest absolute Gasteiger partial charge is 0.338 e. The molecule has 2 rings (SSSR count). The van der Waals surface area contributed by atoms with E-state index in [0.717, 1.165) is 6.07 Å². The van der Waals surface area contributed by atoms with Crippen molar-refractivity contribution in [3.8, 4) is 0 Å². The van der Waals surface area contributed by atoms with Gasteiger partial charge >= 0.3 is 5.97 Å². The molecule has 0 amide bonds. The van der Waals surface area contributed by atoms with Crippen molar-refractivity contribution in [3.63, 3.8) is 0 Å². The second-order valence-corrected chi connectivity index (χ2v) is 4.60. The van der Waals surface area contributed by atoms with Gasteiger partial charge in [0.05, 0.1) is 0 Å². The molecule has 0 atom stereocenters. The summed E-state index contributed by atoms with van der Waals surface area (Å²) in [5, 5.41) is 8.89. The summed E-state index contributed by atoms with van der Waals surface area (Å²) in [6, 6.07) is 1.12. The first-order chi connectivity index (χ1) is 8.80. The lowest BCUT2D eigenvalue weighted by Crippen LogP contribution is -2.40. The quantitative estimate of drug-likeness (QED) is 0.900. The van der Waals surface area contributed by atoms with E-state index >= 15 is 0 Å². The molecule has 4 nitrogen and oxygen atoms in total. The average molecular weight is 274 g/mol. The third-order valence-electron chi connectivity index (χ3n) is 3.09. The van der Waals surface area contributed by atoms with Gasteiger partial charge in [-0.2, -0.15) is 0 Å². The van der Waals surface area contributed by atoms with E-state index in [4.69, 9.17) is 5.11 Å². The highest BCUT2D eigenvalue weighted by Gasteiger charge is 2.35. The fraction of sp³-hybridized carbons (Fsp3) is 0.500. The van der Waals surface area contributed by atoms with Crippen LogP contribution in [0.2, 0.25) is 0 Å². The summed E-state index contributed by atoms with van der Waals surface area (Å²) in [4.78, 5) is 16.2. The van der Waals surface area contributed by atoms with Crippen molar-refractivity contribution in [1.29, 1.82) is 0 Å². The Morgan fingerprint density at radius 3 is 2.53 bits per heavy atom. The zero-order chi connectivity index (χ0) is 14.2. The van der Waals surface area contributed by atoms with E-state index < -0.39 is 23.3 Å². The fourth-order valence-electron chi connectivity index (χ4n) is 2.05. The van der Waals surface area contributed by atoms with Crippen LogP contribution >= 0.6 is 0 Å². The number of halogens is 3. The van der Waals surface area contributed by atoms with Crippen LogP contribution in [0.15, 0.2) is 6.07 Å². The molecular formula is C12H13F3N2O2. The maximum atomic E-state index is 14.0. The average Bonchev–Trinajstić information content (AvgIpc) is 2.32. The highest BCUT2D eigenvalue weighted by Crippen LogP contribution is 2.31. The molecule has 1 aliphatic rings. The molecular weight excluding hydrogens is 261 g/mol. The molecule has 1 saturated heterocycles. The summed E-state index contributed by atoms with van der Waals surface area (Å²) in [6.07, 6.45) is -0.769. The third kappa shape index (κ3) is 2.80. The molecule has 1 aromatic heterocycles. The number of pyridine rings is 1. The molecule has 2 heterocycles. The van der Waals surface area contributed by atoms with E-state index in [1.807, 2.05) is 0 Å². The number of aromatic carboxylic acids is 1. The molecule has 0 radical (unpaired) electrons. The molecule has 1 N–H and O–H groups in total. The molecule has 1 fully saturated rings. The van der Waals surface area contributed by atoms with Crippen molar-refractivity contribution < 1.29 is 23.1 Å². The second kappa shape index (κ2) is 4.71. The Labute approximate surface area is 107 Å². The number of anilines is 1. The van der Waals surface area contributed by atoms with Crippen LogP contribution in [0.5, 0.6) is 0 Å². The maximum absolute atomic E-state index is 14.0. The van der Waals surface area contributed by atoms with Gasteiger partial charge in [-0.15, -0.1) is 0 Å². The molecule has 0 aliphatic carbocycles. The largest absolute Gasteiger partial charge is 0.478 e. The van der Waals surface area contributed by atoms with Gasteiger partial charge in [-0.3, -0.25) is 0 Å². The lowest BCUT2D eigenvalue weighted by Gasteiger charge is -2.33. The second-order valence-electron chi connectivity index (χ2n) is 4.60. The Balaban J connectivity index is 2.33. The van der Waals surface area contributed by atoms with Crippen molar-refractivity contribution >= 4 is 11.8 Å². The number of carbonyl (C=O) groups is 1. The van der Waals surface area contributed by atoms with Crippen LogP contribution in [0.25, 0.3) is 0 Å². The van der Waals surface area contributed by atoms with Crippen molar-refractivity contribution in [2.75, 3.05) is 18.0 Å². The van der Waals surface area contributed by atoms with Gasteiger partial charge in [0.15, 0.2) is 11.6 Å². The molecule has 0 unspecified atom stereocenters. The first-order valence-electron chi connectivity index (χ1n) is 5.83. The lowest BCUT2D eigenvalue weighted by atomic mass is 10.1. The van der Waals surface area contributed by atoms with E-state index in [-0.39, 0.29) is 31.7 Å². The molecule has 7 heteroatoms. The fourth-order valence-corrected chi connectivity index (χ4v) is 2.05. The number of nitrogens with zero attached hydrogens (tertiary/aromatic N) is 2. The number of alkyl halides is 2. The Bertz CT molecular complexity index is 510. The number of hydrogen-bond acceptors (Lipinski definition) is 3. The van der Waals surface area contributed by atoms with Crippen LogP contribution < -0.4 is 4.90 Å². The minimum atomic E-state index is -2.74. The highest BCUT2D eigenvalue weighted by molar-refractivity contribution is 5.89. The third-order valence-corrected chi connectivity index (χ3v) is 3.09. The van der Waals surface area contributed by atoms with Crippen LogP contribution in [0.1, 0.15) is 28.9 Å². The summed E-state index contributed by atoms with van der Waals surface area (Å²) in [5.41, 5.74) is -0.147. The Hall–Kier alpha value is -1.79. The lowest BCUT2D eigenvalue weighted by molar-refractivity contribution is -0.0222. The van der Waals surface area contributed by atoms with Gasteiger partial charge in [0.1, 0.15) is 5.56 Å². The number of hydrogen-bond donors (Lipinski definition) is 1. The van der Waals surface area contributed by atoms with E-state index in [2.05, 4.69) is 4.98 Å². The highest BCUT2D eigenvalue weighted by atomic mass is 19.3. The number of aryl methyl sites for hydroxylation is 1. The SMILES string of the molecule is Cc1cc(C(=O)O)c(F)c(N2CCC(F)(F)CC2)n1. The van der Waals surface area contributed by atoms with Crippen LogP contribution in [0.4, 0.5) is 19.0 Å². The summed E-state index contributed by atoms with van der Waals surface area (Å²) < 4.78 is 40.1. The summed E-state index contributed by atoms with van der Waals surface area (Å²) in [7, 11) is 0. The minimum Gasteiger partial charge on any atom is -0.478 e. The van der Waals surface area contributed by atoms with Crippen LogP contribution in [0, 0.1) is 12.7 Å². The summed E-state index contributed by atoms with van der Waals surface area (Å²) in [6.45, 7) is 1.45. The number of carboxylic acids is 1. The van der Waals surface area contributed by atoms with E-state index in [1.165, 1.54) is 11.8 Å². The summed E-state index contributed by atoms with van der Waals surface area (Å²) in [5.74, 6) is -5.27. The zero-order valence-corrected chi connectivity index (χ0v) is 10.3. The Morgan fingerprint density at radius 2 is 2.00 bits per heavy atom. The van der Waals surface area contributed by atoms with Gasteiger partial charge in [-0.05, 0) is 13.0 Å². The molecule has 0 aromatic carbocycles. The van der Waals surface area contributed by atoms with Crippen LogP contribution in [-0.2, 0) is 0 Å². The first kappa shape index (κ1) is 13.6. The molecule has 0 saturated carbocycles. The Morgan fingerprint density at radius 1 is 1.42 bits per heavy atom. The van der Waals surface area contributed by atoms with E-state index in [0.29, 0.717) is 5.69 Å². The minimum absolute atomic E-state index is 0.0422. The van der Waals surface area contributed by atoms with Gasteiger partial charge in [0.25, 0.3) is 5.92 Å². The Kier molecular flexibility index (Phi) is 3.38. The molecule has 104 valence electrons. The van der Waals surface area contributed by atoms with Crippen LogP contribution in [0.3, 0.4) is 0 Å². The van der Waals surface area contributed by atoms with E-state index in [1.54, 1.807) is 0 Å².